The van der Waals surface area contributed by atoms with E-state index in [1.54, 1.807) is 44.2 Å². The highest BCUT2D eigenvalue weighted by Gasteiger charge is 2.18. The summed E-state index contributed by atoms with van der Waals surface area (Å²) < 4.78 is 5.29. The smallest absolute Gasteiger partial charge is 0.340 e. The number of hydrogen-bond acceptors (Lipinski definition) is 4. The van der Waals surface area contributed by atoms with Crippen LogP contribution in [0.5, 0.6) is 5.75 Å². The predicted molar refractivity (Wildman–Crippen MR) is 102 cm³/mol. The van der Waals surface area contributed by atoms with E-state index < -0.39 is 11.5 Å². The molecule has 7 heteroatoms. The van der Waals surface area contributed by atoms with Crippen molar-refractivity contribution < 1.29 is 14.3 Å². The third-order valence-electron chi connectivity index (χ3n) is 4.07. The summed E-state index contributed by atoms with van der Waals surface area (Å²) in [5.74, 6) is -0.448. The number of anilines is 1. The van der Waals surface area contributed by atoms with E-state index in [0.29, 0.717) is 21.7 Å². The number of fused-ring (bicyclic) bond motifs is 1. The van der Waals surface area contributed by atoms with Gasteiger partial charge in [0.15, 0.2) is 0 Å². The van der Waals surface area contributed by atoms with Crippen LogP contribution in [0.15, 0.2) is 39.5 Å². The van der Waals surface area contributed by atoms with Crippen LogP contribution < -0.4 is 10.9 Å². The Morgan fingerprint density at radius 3 is 2.69 bits per heavy atom. The van der Waals surface area contributed by atoms with E-state index in [2.05, 4.69) is 5.32 Å². The minimum absolute atomic E-state index is 0.000735. The molecule has 3 aromatic rings. The number of rotatable bonds is 3. The molecule has 2 aromatic carbocycles. The lowest BCUT2D eigenvalue weighted by molar-refractivity contribution is -0.115. The lowest BCUT2D eigenvalue weighted by atomic mass is 10.0. The van der Waals surface area contributed by atoms with Gasteiger partial charge >= 0.3 is 5.63 Å². The highest BCUT2D eigenvalue weighted by atomic mass is 35.5. The Bertz CT molecular complexity index is 1090. The molecule has 0 aliphatic carbocycles. The van der Waals surface area contributed by atoms with Gasteiger partial charge in [0.05, 0.1) is 33.1 Å². The molecule has 0 aliphatic rings. The molecule has 2 N–H and O–H groups in total. The van der Waals surface area contributed by atoms with Gasteiger partial charge in [-0.3, -0.25) is 4.79 Å². The summed E-state index contributed by atoms with van der Waals surface area (Å²) in [5.41, 5.74) is 1.46. The molecule has 26 heavy (non-hydrogen) atoms. The van der Waals surface area contributed by atoms with Gasteiger partial charge in [-0.25, -0.2) is 4.79 Å². The maximum absolute atomic E-state index is 12.4. The predicted octanol–water partition coefficient (Wildman–Crippen LogP) is 4.60. The fourth-order valence-electron chi connectivity index (χ4n) is 2.82. The minimum Gasteiger partial charge on any atom is -0.507 e. The number of hydrogen-bond donors (Lipinski definition) is 2. The van der Waals surface area contributed by atoms with E-state index in [1.165, 1.54) is 0 Å². The second-order valence-electron chi connectivity index (χ2n) is 5.98. The Labute approximate surface area is 159 Å². The van der Waals surface area contributed by atoms with Gasteiger partial charge in [0.1, 0.15) is 11.3 Å². The van der Waals surface area contributed by atoms with E-state index in [4.69, 9.17) is 27.6 Å². The number of aromatic hydroxyl groups is 1. The number of nitrogens with one attached hydrogen (secondary N) is 1. The zero-order valence-corrected chi connectivity index (χ0v) is 15.5. The second kappa shape index (κ2) is 7.02. The van der Waals surface area contributed by atoms with Crippen LogP contribution in [0, 0.1) is 13.8 Å². The van der Waals surface area contributed by atoms with Crippen LogP contribution in [-0.2, 0) is 11.2 Å². The summed E-state index contributed by atoms with van der Waals surface area (Å²) in [5, 5.41) is 13.8. The fraction of sp³-hybridized carbons (Fsp3) is 0.158. The number of phenolic OH excluding ortho intramolecular Hbond substituents is 1. The van der Waals surface area contributed by atoms with E-state index in [1.807, 2.05) is 0 Å². The van der Waals surface area contributed by atoms with Crippen molar-refractivity contribution in [3.05, 3.63) is 67.5 Å². The monoisotopic (exact) mass is 391 g/mol. The molecule has 0 unspecified atom stereocenters. The van der Waals surface area contributed by atoms with Crippen molar-refractivity contribution >= 4 is 45.8 Å². The molecule has 0 radical (unpaired) electrons. The highest BCUT2D eigenvalue weighted by Crippen LogP contribution is 2.31. The average Bonchev–Trinajstić information content (AvgIpc) is 2.55. The lowest BCUT2D eigenvalue weighted by Crippen LogP contribution is -2.20. The van der Waals surface area contributed by atoms with E-state index in [9.17, 15) is 14.7 Å². The van der Waals surface area contributed by atoms with E-state index >= 15 is 0 Å². The molecule has 0 atom stereocenters. The van der Waals surface area contributed by atoms with Crippen molar-refractivity contribution in [3.63, 3.8) is 0 Å². The first kappa shape index (κ1) is 18.3. The van der Waals surface area contributed by atoms with Crippen molar-refractivity contribution in [1.82, 2.24) is 0 Å². The SMILES string of the molecule is Cc1cc(O)c2c(C)c(CC(=O)Nc3cccc(Cl)c3Cl)c(=O)oc2c1. The van der Waals surface area contributed by atoms with Crippen molar-refractivity contribution in [2.45, 2.75) is 20.3 Å². The molecule has 3 rings (SSSR count). The zero-order valence-electron chi connectivity index (χ0n) is 14.0. The molecular formula is C19H15Cl2NO4. The first-order valence-corrected chi connectivity index (χ1v) is 8.53. The molecule has 5 nitrogen and oxygen atoms in total. The molecule has 0 spiro atoms. The Balaban J connectivity index is 1.97. The van der Waals surface area contributed by atoms with Gasteiger partial charge in [0.25, 0.3) is 0 Å². The summed E-state index contributed by atoms with van der Waals surface area (Å²) in [7, 11) is 0. The van der Waals surface area contributed by atoms with Gasteiger partial charge < -0.3 is 14.8 Å². The molecular weight excluding hydrogens is 377 g/mol. The summed E-state index contributed by atoms with van der Waals surface area (Å²) in [4.78, 5) is 24.7. The molecule has 1 heterocycles. The third-order valence-corrected chi connectivity index (χ3v) is 4.88. The minimum atomic E-state index is -0.618. The summed E-state index contributed by atoms with van der Waals surface area (Å²) in [6, 6.07) is 8.10. The van der Waals surface area contributed by atoms with Crippen LogP contribution in [0.2, 0.25) is 10.0 Å². The van der Waals surface area contributed by atoms with Crippen molar-refractivity contribution in [1.29, 1.82) is 0 Å². The lowest BCUT2D eigenvalue weighted by Gasteiger charge is -2.11. The molecule has 134 valence electrons. The molecule has 0 fully saturated rings. The summed E-state index contributed by atoms with van der Waals surface area (Å²) in [6.07, 6.45) is -0.222. The number of carbonyl (C=O) groups excluding carboxylic acids is 1. The van der Waals surface area contributed by atoms with E-state index in [0.717, 1.165) is 5.56 Å². The average molecular weight is 392 g/mol. The van der Waals surface area contributed by atoms with Crippen molar-refractivity contribution in [3.8, 4) is 5.75 Å². The van der Waals surface area contributed by atoms with Gasteiger partial charge in [0, 0.05) is 0 Å². The molecule has 0 aliphatic heterocycles. The fourth-order valence-corrected chi connectivity index (χ4v) is 3.17. The van der Waals surface area contributed by atoms with Crippen LogP contribution in [0.1, 0.15) is 16.7 Å². The Morgan fingerprint density at radius 2 is 1.96 bits per heavy atom. The van der Waals surface area contributed by atoms with Crippen molar-refractivity contribution in [2.75, 3.05) is 5.32 Å². The van der Waals surface area contributed by atoms with Crippen LogP contribution in [-0.4, -0.2) is 11.0 Å². The third kappa shape index (κ3) is 3.41. The topological polar surface area (TPSA) is 79.5 Å². The Hall–Kier alpha value is -2.50. The number of aryl methyl sites for hydroxylation is 2. The number of phenols is 1. The van der Waals surface area contributed by atoms with Gasteiger partial charge in [-0.05, 0) is 49.2 Å². The van der Waals surface area contributed by atoms with Crippen molar-refractivity contribution in [2.24, 2.45) is 0 Å². The highest BCUT2D eigenvalue weighted by molar-refractivity contribution is 6.44. The Kier molecular flexibility index (Phi) is 4.94. The van der Waals surface area contributed by atoms with Gasteiger partial charge in [-0.15, -0.1) is 0 Å². The first-order valence-electron chi connectivity index (χ1n) is 7.77. The summed E-state index contributed by atoms with van der Waals surface area (Å²) >= 11 is 12.0. The van der Waals surface area contributed by atoms with E-state index in [-0.39, 0.29) is 28.3 Å². The zero-order chi connectivity index (χ0) is 19.0. The Morgan fingerprint density at radius 1 is 1.23 bits per heavy atom. The van der Waals surface area contributed by atoms with Gasteiger partial charge in [-0.1, -0.05) is 29.3 Å². The summed E-state index contributed by atoms with van der Waals surface area (Å²) in [6.45, 7) is 3.45. The number of carbonyl (C=O) groups is 1. The number of amides is 1. The largest absolute Gasteiger partial charge is 0.507 e. The molecule has 1 aromatic heterocycles. The first-order chi connectivity index (χ1) is 12.3. The normalized spacial score (nSPS) is 10.9. The van der Waals surface area contributed by atoms with Crippen LogP contribution in [0.4, 0.5) is 5.69 Å². The maximum Gasteiger partial charge on any atom is 0.340 e. The van der Waals surface area contributed by atoms with Crippen LogP contribution in [0.25, 0.3) is 11.0 Å². The number of benzene rings is 2. The van der Waals surface area contributed by atoms with Gasteiger partial charge in [-0.2, -0.15) is 0 Å². The standard InChI is InChI=1S/C19H15Cl2NO4/c1-9-6-14(23)17-10(2)11(19(25)26-15(17)7-9)8-16(24)22-13-5-3-4-12(20)18(13)21/h3-7,23H,8H2,1-2H3,(H,22,24). The second-order valence-corrected chi connectivity index (χ2v) is 6.76. The van der Waals surface area contributed by atoms with Gasteiger partial charge in [0.2, 0.25) is 5.91 Å². The number of halogens is 2. The molecule has 0 bridgehead atoms. The quantitative estimate of drug-likeness (QED) is 0.639. The van der Waals surface area contributed by atoms with Crippen LogP contribution >= 0.6 is 23.2 Å². The van der Waals surface area contributed by atoms with Crippen LogP contribution in [0.3, 0.4) is 0 Å². The molecule has 1 amide bonds. The molecule has 0 saturated heterocycles. The maximum atomic E-state index is 12.4. The molecule has 0 saturated carbocycles.